The van der Waals surface area contributed by atoms with Crippen molar-refractivity contribution in [2.75, 3.05) is 44.2 Å². The van der Waals surface area contributed by atoms with E-state index < -0.39 is 10.0 Å². The number of amides is 1. The summed E-state index contributed by atoms with van der Waals surface area (Å²) in [6.45, 7) is 2.64. The van der Waals surface area contributed by atoms with Crippen molar-refractivity contribution >= 4 is 44.8 Å². The number of rotatable bonds is 4. The molecule has 9 heteroatoms. The summed E-state index contributed by atoms with van der Waals surface area (Å²) in [5.74, 6) is 0.0516. The highest BCUT2D eigenvalue weighted by atomic mass is 35.5. The molecule has 6 nitrogen and oxygen atoms in total. The summed E-state index contributed by atoms with van der Waals surface area (Å²) in [7, 11) is -3.64. The van der Waals surface area contributed by atoms with Crippen LogP contribution in [0, 0.1) is 0 Å². The molecule has 1 saturated heterocycles. The van der Waals surface area contributed by atoms with Crippen molar-refractivity contribution in [3.05, 3.63) is 58.1 Å². The molecule has 0 aliphatic carbocycles. The molecule has 1 fully saturated rings. The summed E-state index contributed by atoms with van der Waals surface area (Å²) in [4.78, 5) is 16.7. The van der Waals surface area contributed by atoms with E-state index in [4.69, 9.17) is 23.2 Å². The molecule has 2 aromatic rings. The maximum absolute atomic E-state index is 12.9. The topological polar surface area (TPSA) is 60.9 Å². The van der Waals surface area contributed by atoms with Crippen molar-refractivity contribution in [1.82, 2.24) is 9.21 Å². The van der Waals surface area contributed by atoms with Gasteiger partial charge in [-0.3, -0.25) is 9.69 Å². The molecule has 4 rings (SSSR count). The van der Waals surface area contributed by atoms with E-state index in [-0.39, 0.29) is 22.4 Å². The fourth-order valence-electron chi connectivity index (χ4n) is 3.79. The van der Waals surface area contributed by atoms with Crippen molar-refractivity contribution in [2.24, 2.45) is 0 Å². The van der Waals surface area contributed by atoms with Gasteiger partial charge in [0.25, 0.3) is 0 Å². The molecule has 2 aliphatic rings. The zero-order chi connectivity index (χ0) is 20.6. The Labute approximate surface area is 180 Å². The van der Waals surface area contributed by atoms with Gasteiger partial charge in [-0.1, -0.05) is 41.4 Å². The summed E-state index contributed by atoms with van der Waals surface area (Å²) in [5.41, 5.74) is 2.18. The van der Waals surface area contributed by atoms with Gasteiger partial charge in [-0.15, -0.1) is 0 Å². The molecule has 0 aromatic heterocycles. The van der Waals surface area contributed by atoms with E-state index in [2.05, 4.69) is 6.07 Å². The zero-order valence-electron chi connectivity index (χ0n) is 15.7. The van der Waals surface area contributed by atoms with Crippen molar-refractivity contribution < 1.29 is 13.2 Å². The van der Waals surface area contributed by atoms with Crippen LogP contribution in [-0.4, -0.2) is 62.8 Å². The first kappa shape index (κ1) is 20.6. The molecule has 0 unspecified atom stereocenters. The lowest BCUT2D eigenvalue weighted by Gasteiger charge is -2.34. The van der Waals surface area contributed by atoms with E-state index in [9.17, 15) is 13.2 Å². The molecule has 154 valence electrons. The Morgan fingerprint density at radius 1 is 0.931 bits per heavy atom. The summed E-state index contributed by atoms with van der Waals surface area (Å²) in [6.07, 6.45) is 0.873. The minimum absolute atomic E-state index is 0.0516. The number of nitrogens with zero attached hydrogens (tertiary/aromatic N) is 3. The van der Waals surface area contributed by atoms with Crippen molar-refractivity contribution in [3.8, 4) is 0 Å². The largest absolute Gasteiger partial charge is 0.311 e. The number of para-hydroxylation sites is 1. The van der Waals surface area contributed by atoms with E-state index >= 15 is 0 Å². The molecule has 1 amide bonds. The molecule has 0 atom stereocenters. The monoisotopic (exact) mass is 453 g/mol. The van der Waals surface area contributed by atoms with Crippen LogP contribution < -0.4 is 4.90 Å². The molecule has 2 aliphatic heterocycles. The third-order valence-corrected chi connectivity index (χ3v) is 8.04. The average Bonchev–Trinajstić information content (AvgIpc) is 3.15. The summed E-state index contributed by atoms with van der Waals surface area (Å²) >= 11 is 11.9. The molecular formula is C20H21Cl2N3O3S. The lowest BCUT2D eigenvalue weighted by Crippen LogP contribution is -2.51. The minimum atomic E-state index is -3.64. The van der Waals surface area contributed by atoms with Crippen LogP contribution in [0.4, 0.5) is 5.69 Å². The summed E-state index contributed by atoms with van der Waals surface area (Å²) in [5, 5.41) is 0.528. The highest BCUT2D eigenvalue weighted by Crippen LogP contribution is 2.28. The molecular weight excluding hydrogens is 433 g/mol. The fraction of sp³-hybridized carbons (Fsp3) is 0.350. The lowest BCUT2D eigenvalue weighted by molar-refractivity contribution is -0.119. The van der Waals surface area contributed by atoms with E-state index in [1.54, 1.807) is 0 Å². The van der Waals surface area contributed by atoms with Gasteiger partial charge in [0, 0.05) is 38.4 Å². The number of benzene rings is 2. The lowest BCUT2D eigenvalue weighted by atomic mass is 10.2. The highest BCUT2D eigenvalue weighted by Gasteiger charge is 2.31. The maximum Gasteiger partial charge on any atom is 0.243 e. The van der Waals surface area contributed by atoms with E-state index in [1.807, 2.05) is 28.0 Å². The Morgan fingerprint density at radius 3 is 2.38 bits per heavy atom. The Kier molecular flexibility index (Phi) is 5.86. The van der Waals surface area contributed by atoms with Gasteiger partial charge in [0.2, 0.25) is 15.9 Å². The van der Waals surface area contributed by atoms with E-state index in [0.717, 1.165) is 12.1 Å². The first-order chi connectivity index (χ1) is 13.9. The smallest absolute Gasteiger partial charge is 0.243 e. The second-order valence-electron chi connectivity index (χ2n) is 7.18. The van der Waals surface area contributed by atoms with Crippen LogP contribution in [0.25, 0.3) is 0 Å². The van der Waals surface area contributed by atoms with Gasteiger partial charge in [0.1, 0.15) is 0 Å². The quantitative estimate of drug-likeness (QED) is 0.713. The van der Waals surface area contributed by atoms with Gasteiger partial charge < -0.3 is 4.90 Å². The maximum atomic E-state index is 12.9. The third kappa shape index (κ3) is 4.15. The van der Waals surface area contributed by atoms with Gasteiger partial charge in [0.05, 0.1) is 21.5 Å². The van der Waals surface area contributed by atoms with E-state index in [1.165, 1.54) is 28.1 Å². The predicted octanol–water partition coefficient (Wildman–Crippen LogP) is 2.89. The molecule has 2 heterocycles. The number of hydrogen-bond donors (Lipinski definition) is 0. The number of halogens is 2. The Balaban J connectivity index is 1.37. The number of piperazine rings is 1. The van der Waals surface area contributed by atoms with Gasteiger partial charge in [-0.25, -0.2) is 8.42 Å². The van der Waals surface area contributed by atoms with Gasteiger partial charge in [0.15, 0.2) is 0 Å². The number of carbonyl (C=O) groups excluding carboxylic acids is 1. The van der Waals surface area contributed by atoms with Crippen molar-refractivity contribution in [3.63, 3.8) is 0 Å². The first-order valence-electron chi connectivity index (χ1n) is 9.42. The molecule has 0 saturated carbocycles. The second kappa shape index (κ2) is 8.24. The standard InChI is InChI=1S/C20H21Cl2N3O3S/c21-17-6-5-16(13-18(17)22)29(27,28)24-11-9-23(10-12-24)14-20(26)25-8-7-15-3-1-2-4-19(15)25/h1-6,13H,7-12,14H2. The van der Waals surface area contributed by atoms with Gasteiger partial charge in [-0.05, 0) is 36.2 Å². The fourth-order valence-corrected chi connectivity index (χ4v) is 5.60. The van der Waals surface area contributed by atoms with Crippen LogP contribution in [0.2, 0.25) is 10.0 Å². The van der Waals surface area contributed by atoms with Gasteiger partial charge >= 0.3 is 0 Å². The van der Waals surface area contributed by atoms with Crippen LogP contribution >= 0.6 is 23.2 Å². The Morgan fingerprint density at radius 2 is 1.66 bits per heavy atom. The number of anilines is 1. The first-order valence-corrected chi connectivity index (χ1v) is 11.6. The Hall–Kier alpha value is -1.64. The van der Waals surface area contributed by atoms with Gasteiger partial charge in [-0.2, -0.15) is 4.31 Å². The minimum Gasteiger partial charge on any atom is -0.311 e. The van der Waals surface area contributed by atoms with Crippen LogP contribution in [-0.2, 0) is 21.2 Å². The molecule has 0 bridgehead atoms. The molecule has 29 heavy (non-hydrogen) atoms. The molecule has 0 N–H and O–H groups in total. The number of carbonyl (C=O) groups is 1. The SMILES string of the molecule is O=C(CN1CCN(S(=O)(=O)c2ccc(Cl)c(Cl)c2)CC1)N1CCc2ccccc21. The summed E-state index contributed by atoms with van der Waals surface area (Å²) < 4.78 is 27.1. The van der Waals surface area contributed by atoms with E-state index in [0.29, 0.717) is 37.7 Å². The van der Waals surface area contributed by atoms with Crippen LogP contribution in [0.3, 0.4) is 0 Å². The number of fused-ring (bicyclic) bond motifs is 1. The van der Waals surface area contributed by atoms with Crippen LogP contribution in [0.5, 0.6) is 0 Å². The Bertz CT molecular complexity index is 1040. The number of hydrogen-bond acceptors (Lipinski definition) is 4. The zero-order valence-corrected chi connectivity index (χ0v) is 18.1. The highest BCUT2D eigenvalue weighted by molar-refractivity contribution is 7.89. The molecule has 0 radical (unpaired) electrons. The third-order valence-electron chi connectivity index (χ3n) is 5.41. The normalized spacial score (nSPS) is 18.1. The van der Waals surface area contributed by atoms with Crippen LogP contribution in [0.15, 0.2) is 47.4 Å². The molecule has 2 aromatic carbocycles. The summed E-state index contributed by atoms with van der Waals surface area (Å²) in [6, 6.07) is 12.3. The van der Waals surface area contributed by atoms with Crippen LogP contribution in [0.1, 0.15) is 5.56 Å². The average molecular weight is 454 g/mol. The number of sulfonamides is 1. The van der Waals surface area contributed by atoms with Crippen molar-refractivity contribution in [2.45, 2.75) is 11.3 Å². The van der Waals surface area contributed by atoms with Crippen molar-refractivity contribution in [1.29, 1.82) is 0 Å². The molecule has 0 spiro atoms. The second-order valence-corrected chi connectivity index (χ2v) is 9.93. The predicted molar refractivity (Wildman–Crippen MR) is 114 cm³/mol.